The summed E-state index contributed by atoms with van der Waals surface area (Å²) in [5, 5.41) is 0. The number of halogens is 1. The van der Waals surface area contributed by atoms with Crippen LogP contribution in [-0.4, -0.2) is 65.9 Å². The molecule has 1 saturated heterocycles. The van der Waals surface area contributed by atoms with Gasteiger partial charge in [0.25, 0.3) is 0 Å². The van der Waals surface area contributed by atoms with E-state index in [1.165, 1.54) is 12.1 Å². The fraction of sp³-hybridized carbons (Fsp3) is 0.381. The zero-order chi connectivity index (χ0) is 19.9. The molecular formula is C21H26FN5O. The van der Waals surface area contributed by atoms with E-state index in [0.717, 1.165) is 43.7 Å². The van der Waals surface area contributed by atoms with E-state index in [2.05, 4.69) is 14.9 Å². The lowest BCUT2D eigenvalue weighted by Gasteiger charge is -2.21. The molecular weight excluding hydrogens is 357 g/mol. The topological polar surface area (TPSA) is 52.6 Å². The van der Waals surface area contributed by atoms with Crippen molar-refractivity contribution in [1.82, 2.24) is 19.8 Å². The average Bonchev–Trinajstić information content (AvgIpc) is 2.94. The van der Waals surface area contributed by atoms with Gasteiger partial charge in [-0.2, -0.15) is 0 Å². The van der Waals surface area contributed by atoms with Gasteiger partial charge in [0.15, 0.2) is 0 Å². The molecule has 2 heterocycles. The summed E-state index contributed by atoms with van der Waals surface area (Å²) in [6.07, 6.45) is 7.67. The van der Waals surface area contributed by atoms with E-state index in [0.29, 0.717) is 12.5 Å². The van der Waals surface area contributed by atoms with Gasteiger partial charge in [0.1, 0.15) is 5.82 Å². The molecule has 0 unspecified atom stereocenters. The lowest BCUT2D eigenvalue weighted by Crippen LogP contribution is -2.34. The zero-order valence-electron chi connectivity index (χ0n) is 16.4. The maximum absolute atomic E-state index is 13.0. The maximum atomic E-state index is 13.0. The summed E-state index contributed by atoms with van der Waals surface area (Å²) in [5.41, 5.74) is 1.88. The Labute approximate surface area is 165 Å². The van der Waals surface area contributed by atoms with Crippen LogP contribution in [0.3, 0.4) is 0 Å². The fourth-order valence-corrected chi connectivity index (χ4v) is 3.12. The molecule has 0 spiro atoms. The predicted octanol–water partition coefficient (Wildman–Crippen LogP) is 2.43. The smallest absolute Gasteiger partial charge is 0.246 e. The number of amides is 1. The first-order valence-electron chi connectivity index (χ1n) is 9.44. The van der Waals surface area contributed by atoms with Gasteiger partial charge in [-0.3, -0.25) is 9.69 Å². The number of nitrogens with zero attached hydrogens (tertiary/aromatic N) is 5. The fourth-order valence-electron chi connectivity index (χ4n) is 3.12. The first-order chi connectivity index (χ1) is 13.5. The van der Waals surface area contributed by atoms with Crippen LogP contribution in [0.2, 0.25) is 0 Å². The third kappa shape index (κ3) is 5.60. The van der Waals surface area contributed by atoms with Crippen LogP contribution in [0.15, 0.2) is 42.7 Å². The Morgan fingerprint density at radius 1 is 1.11 bits per heavy atom. The van der Waals surface area contributed by atoms with Gasteiger partial charge >= 0.3 is 0 Å². The first kappa shape index (κ1) is 19.9. The molecule has 0 atom stereocenters. The van der Waals surface area contributed by atoms with Gasteiger partial charge in [-0.15, -0.1) is 0 Å². The molecule has 0 N–H and O–H groups in total. The summed E-state index contributed by atoms with van der Waals surface area (Å²) >= 11 is 0. The standard InChI is InChI=1S/C21H26FN5O/c1-25(2)21-23-14-18(15-24-21)6-9-20(28)27-11-3-10-26(12-13-27)16-17-4-7-19(22)8-5-17/h4-9,14-15H,3,10-13,16H2,1-2H3. The van der Waals surface area contributed by atoms with Crippen molar-refractivity contribution in [2.75, 3.05) is 45.2 Å². The van der Waals surface area contributed by atoms with Crippen LogP contribution in [0.4, 0.5) is 10.3 Å². The summed E-state index contributed by atoms with van der Waals surface area (Å²) in [6.45, 7) is 3.91. The highest BCUT2D eigenvalue weighted by atomic mass is 19.1. The summed E-state index contributed by atoms with van der Waals surface area (Å²) in [4.78, 5) is 27.0. The second kappa shape index (κ2) is 9.41. The van der Waals surface area contributed by atoms with E-state index < -0.39 is 0 Å². The Bertz CT molecular complexity index is 805. The number of benzene rings is 1. The Hall–Kier alpha value is -2.80. The second-order valence-electron chi connectivity index (χ2n) is 7.13. The number of rotatable bonds is 5. The molecule has 1 aliphatic heterocycles. The van der Waals surface area contributed by atoms with Crippen LogP contribution < -0.4 is 4.90 Å². The molecule has 3 rings (SSSR count). The molecule has 7 heteroatoms. The van der Waals surface area contributed by atoms with E-state index in [9.17, 15) is 9.18 Å². The lowest BCUT2D eigenvalue weighted by atomic mass is 10.2. The van der Waals surface area contributed by atoms with Crippen molar-refractivity contribution in [3.63, 3.8) is 0 Å². The lowest BCUT2D eigenvalue weighted by molar-refractivity contribution is -0.125. The minimum Gasteiger partial charge on any atom is -0.347 e. The van der Waals surface area contributed by atoms with Gasteiger partial charge in [0.05, 0.1) is 0 Å². The number of anilines is 1. The Morgan fingerprint density at radius 2 is 1.82 bits per heavy atom. The number of aromatic nitrogens is 2. The van der Waals surface area contributed by atoms with Crippen LogP contribution in [-0.2, 0) is 11.3 Å². The monoisotopic (exact) mass is 383 g/mol. The molecule has 0 saturated carbocycles. The summed E-state index contributed by atoms with van der Waals surface area (Å²) < 4.78 is 13.0. The van der Waals surface area contributed by atoms with Crippen molar-refractivity contribution in [3.8, 4) is 0 Å². The van der Waals surface area contributed by atoms with Crippen molar-refractivity contribution in [3.05, 3.63) is 59.7 Å². The van der Waals surface area contributed by atoms with Crippen LogP contribution >= 0.6 is 0 Å². The summed E-state index contributed by atoms with van der Waals surface area (Å²) in [6, 6.07) is 6.61. The van der Waals surface area contributed by atoms with Gasteiger partial charge in [-0.1, -0.05) is 12.1 Å². The normalized spacial score (nSPS) is 15.6. The highest BCUT2D eigenvalue weighted by Crippen LogP contribution is 2.11. The molecule has 1 amide bonds. The second-order valence-corrected chi connectivity index (χ2v) is 7.13. The minimum atomic E-state index is -0.218. The van der Waals surface area contributed by atoms with Crippen molar-refractivity contribution < 1.29 is 9.18 Å². The first-order valence-corrected chi connectivity index (χ1v) is 9.44. The number of carbonyl (C=O) groups excluding carboxylic acids is 1. The average molecular weight is 383 g/mol. The van der Waals surface area contributed by atoms with Gasteiger partial charge in [-0.25, -0.2) is 14.4 Å². The molecule has 1 fully saturated rings. The van der Waals surface area contributed by atoms with E-state index in [-0.39, 0.29) is 11.7 Å². The molecule has 28 heavy (non-hydrogen) atoms. The largest absolute Gasteiger partial charge is 0.347 e. The molecule has 0 aliphatic carbocycles. The number of carbonyl (C=O) groups is 1. The van der Waals surface area contributed by atoms with E-state index in [4.69, 9.17) is 0 Å². The van der Waals surface area contributed by atoms with E-state index in [1.54, 1.807) is 24.5 Å². The molecule has 0 radical (unpaired) electrons. The van der Waals surface area contributed by atoms with Crippen molar-refractivity contribution >= 4 is 17.9 Å². The predicted molar refractivity (Wildman–Crippen MR) is 108 cm³/mol. The van der Waals surface area contributed by atoms with Crippen LogP contribution in [0, 0.1) is 5.82 Å². The van der Waals surface area contributed by atoms with Crippen LogP contribution in [0.25, 0.3) is 6.08 Å². The molecule has 6 nitrogen and oxygen atoms in total. The van der Waals surface area contributed by atoms with Crippen molar-refractivity contribution in [1.29, 1.82) is 0 Å². The highest BCUT2D eigenvalue weighted by molar-refractivity contribution is 5.91. The molecule has 1 aliphatic rings. The maximum Gasteiger partial charge on any atom is 0.246 e. The summed E-state index contributed by atoms with van der Waals surface area (Å²) in [7, 11) is 3.76. The summed E-state index contributed by atoms with van der Waals surface area (Å²) in [5.74, 6) is 0.419. The molecule has 1 aromatic carbocycles. The Balaban J connectivity index is 1.52. The third-order valence-corrected chi connectivity index (χ3v) is 4.70. The zero-order valence-corrected chi connectivity index (χ0v) is 16.4. The highest BCUT2D eigenvalue weighted by Gasteiger charge is 2.17. The molecule has 2 aromatic rings. The van der Waals surface area contributed by atoms with Gasteiger partial charge in [-0.05, 0) is 30.2 Å². The van der Waals surface area contributed by atoms with E-state index in [1.807, 2.05) is 36.0 Å². The van der Waals surface area contributed by atoms with Crippen molar-refractivity contribution in [2.24, 2.45) is 0 Å². The van der Waals surface area contributed by atoms with Gasteiger partial charge < -0.3 is 9.80 Å². The van der Waals surface area contributed by atoms with Crippen LogP contribution in [0.1, 0.15) is 17.5 Å². The quantitative estimate of drug-likeness (QED) is 0.743. The number of hydrogen-bond acceptors (Lipinski definition) is 5. The van der Waals surface area contributed by atoms with Gasteiger partial charge in [0.2, 0.25) is 11.9 Å². The molecule has 1 aromatic heterocycles. The Morgan fingerprint density at radius 3 is 2.50 bits per heavy atom. The molecule has 0 bridgehead atoms. The third-order valence-electron chi connectivity index (χ3n) is 4.70. The minimum absolute atomic E-state index is 0.000295. The Kier molecular flexibility index (Phi) is 6.71. The van der Waals surface area contributed by atoms with E-state index >= 15 is 0 Å². The van der Waals surface area contributed by atoms with Crippen LogP contribution in [0.5, 0.6) is 0 Å². The molecule has 148 valence electrons. The SMILES string of the molecule is CN(C)c1ncc(C=CC(=O)N2CCCN(Cc3ccc(F)cc3)CC2)cn1. The van der Waals surface area contributed by atoms with Gasteiger partial charge in [0, 0.05) is 70.9 Å². The number of hydrogen-bond donors (Lipinski definition) is 0. The van der Waals surface area contributed by atoms with Crippen molar-refractivity contribution in [2.45, 2.75) is 13.0 Å².